The largest absolute Gasteiger partial charge is 0.468 e. The highest BCUT2D eigenvalue weighted by Gasteiger charge is 2.11. The second-order valence-corrected chi connectivity index (χ2v) is 4.77. The summed E-state index contributed by atoms with van der Waals surface area (Å²) >= 11 is 6.15. The SMILES string of the molecule is COC(=O)Cn1ccc(N[C@H](C)c2ccccc2Cl)n1. The van der Waals surface area contributed by atoms with Crippen molar-refractivity contribution in [2.45, 2.75) is 19.5 Å². The molecular weight excluding hydrogens is 278 g/mol. The van der Waals surface area contributed by atoms with Crippen LogP contribution in [0.5, 0.6) is 0 Å². The molecule has 1 aromatic carbocycles. The van der Waals surface area contributed by atoms with Crippen LogP contribution in [0, 0.1) is 0 Å². The topological polar surface area (TPSA) is 56.1 Å². The number of aromatic nitrogens is 2. The van der Waals surface area contributed by atoms with E-state index < -0.39 is 0 Å². The van der Waals surface area contributed by atoms with E-state index in [-0.39, 0.29) is 18.6 Å². The lowest BCUT2D eigenvalue weighted by atomic mass is 10.1. The van der Waals surface area contributed by atoms with Gasteiger partial charge in [-0.1, -0.05) is 29.8 Å². The third-order valence-corrected chi connectivity index (χ3v) is 3.24. The Balaban J connectivity index is 2.03. The predicted molar refractivity (Wildman–Crippen MR) is 77.7 cm³/mol. The molecule has 0 unspecified atom stereocenters. The normalized spacial score (nSPS) is 11.9. The van der Waals surface area contributed by atoms with Gasteiger partial charge in [0.1, 0.15) is 12.4 Å². The molecule has 0 aliphatic rings. The second kappa shape index (κ2) is 6.43. The number of anilines is 1. The molecule has 0 amide bonds. The van der Waals surface area contributed by atoms with E-state index in [0.717, 1.165) is 5.56 Å². The summed E-state index contributed by atoms with van der Waals surface area (Å²) < 4.78 is 6.11. The number of nitrogens with zero attached hydrogens (tertiary/aromatic N) is 2. The first-order chi connectivity index (χ1) is 9.60. The van der Waals surface area contributed by atoms with Crippen molar-refractivity contribution in [1.82, 2.24) is 9.78 Å². The van der Waals surface area contributed by atoms with Crippen molar-refractivity contribution in [3.05, 3.63) is 47.1 Å². The molecule has 0 aliphatic heterocycles. The summed E-state index contributed by atoms with van der Waals surface area (Å²) in [5.74, 6) is 0.347. The van der Waals surface area contributed by atoms with Gasteiger partial charge in [-0.05, 0) is 18.6 Å². The zero-order chi connectivity index (χ0) is 14.5. The van der Waals surface area contributed by atoms with Gasteiger partial charge in [0, 0.05) is 17.3 Å². The maximum atomic E-state index is 11.2. The van der Waals surface area contributed by atoms with Crippen LogP contribution in [-0.2, 0) is 16.1 Å². The van der Waals surface area contributed by atoms with Gasteiger partial charge < -0.3 is 10.1 Å². The monoisotopic (exact) mass is 293 g/mol. The van der Waals surface area contributed by atoms with Crippen LogP contribution in [0.3, 0.4) is 0 Å². The van der Waals surface area contributed by atoms with E-state index in [4.69, 9.17) is 11.6 Å². The van der Waals surface area contributed by atoms with Gasteiger partial charge in [0.2, 0.25) is 0 Å². The number of rotatable bonds is 5. The fourth-order valence-corrected chi connectivity index (χ4v) is 2.15. The zero-order valence-electron chi connectivity index (χ0n) is 11.3. The lowest BCUT2D eigenvalue weighted by Crippen LogP contribution is -2.13. The highest BCUT2D eigenvalue weighted by Crippen LogP contribution is 2.24. The lowest BCUT2D eigenvalue weighted by molar-refractivity contribution is -0.141. The molecule has 1 aromatic heterocycles. The Morgan fingerprint density at radius 2 is 2.20 bits per heavy atom. The molecule has 2 rings (SSSR count). The Hall–Kier alpha value is -2.01. The van der Waals surface area contributed by atoms with Crippen LogP contribution < -0.4 is 5.32 Å². The summed E-state index contributed by atoms with van der Waals surface area (Å²) in [7, 11) is 1.35. The number of carbonyl (C=O) groups is 1. The molecule has 0 radical (unpaired) electrons. The number of hydrogen-bond acceptors (Lipinski definition) is 4. The third kappa shape index (κ3) is 3.51. The van der Waals surface area contributed by atoms with Crippen LogP contribution >= 0.6 is 11.6 Å². The minimum atomic E-state index is -0.334. The number of esters is 1. The molecule has 1 atom stereocenters. The van der Waals surface area contributed by atoms with Crippen molar-refractivity contribution < 1.29 is 9.53 Å². The van der Waals surface area contributed by atoms with Gasteiger partial charge >= 0.3 is 5.97 Å². The zero-order valence-corrected chi connectivity index (χ0v) is 12.1. The molecule has 0 saturated carbocycles. The number of hydrogen-bond donors (Lipinski definition) is 1. The maximum absolute atomic E-state index is 11.2. The first-order valence-electron chi connectivity index (χ1n) is 6.21. The standard InChI is InChI=1S/C14H16ClN3O2/c1-10(11-5-3-4-6-12(11)15)16-13-7-8-18(17-13)9-14(19)20-2/h3-8,10H,9H2,1-2H3,(H,16,17)/t10-/m1/s1. The first kappa shape index (κ1) is 14.4. The summed E-state index contributed by atoms with van der Waals surface area (Å²) in [4.78, 5) is 11.2. The number of nitrogens with one attached hydrogen (secondary N) is 1. The van der Waals surface area contributed by atoms with Gasteiger partial charge in [0.05, 0.1) is 13.2 Å². The van der Waals surface area contributed by atoms with Crippen LogP contribution in [0.2, 0.25) is 5.02 Å². The summed E-state index contributed by atoms with van der Waals surface area (Å²) in [6, 6.07) is 9.47. The maximum Gasteiger partial charge on any atom is 0.327 e. The smallest absolute Gasteiger partial charge is 0.327 e. The molecule has 6 heteroatoms. The van der Waals surface area contributed by atoms with E-state index in [2.05, 4.69) is 15.2 Å². The Labute approximate surface area is 122 Å². The Morgan fingerprint density at radius 1 is 1.45 bits per heavy atom. The van der Waals surface area contributed by atoms with E-state index in [1.807, 2.05) is 31.2 Å². The van der Waals surface area contributed by atoms with Crippen LogP contribution in [0.15, 0.2) is 36.5 Å². The van der Waals surface area contributed by atoms with Crippen LogP contribution in [-0.4, -0.2) is 22.9 Å². The van der Waals surface area contributed by atoms with Gasteiger partial charge in [-0.15, -0.1) is 0 Å². The Kier molecular flexibility index (Phi) is 4.63. The Bertz CT molecular complexity index is 598. The molecule has 20 heavy (non-hydrogen) atoms. The molecule has 1 heterocycles. The average Bonchev–Trinajstić information content (AvgIpc) is 2.86. The molecule has 0 aliphatic carbocycles. The van der Waals surface area contributed by atoms with Gasteiger partial charge in [0.25, 0.3) is 0 Å². The van der Waals surface area contributed by atoms with Crippen molar-refractivity contribution in [2.75, 3.05) is 12.4 Å². The minimum Gasteiger partial charge on any atom is -0.468 e. The van der Waals surface area contributed by atoms with Gasteiger partial charge in [-0.3, -0.25) is 9.48 Å². The fraction of sp³-hybridized carbons (Fsp3) is 0.286. The molecule has 0 spiro atoms. The number of carbonyl (C=O) groups excluding carboxylic acids is 1. The van der Waals surface area contributed by atoms with Crippen LogP contribution in [0.4, 0.5) is 5.82 Å². The average molecular weight is 294 g/mol. The number of benzene rings is 1. The van der Waals surface area contributed by atoms with Gasteiger partial charge in [-0.2, -0.15) is 5.10 Å². The molecule has 0 bridgehead atoms. The summed E-state index contributed by atoms with van der Waals surface area (Å²) in [5, 5.41) is 8.21. The van der Waals surface area contributed by atoms with E-state index in [0.29, 0.717) is 10.8 Å². The molecule has 0 fully saturated rings. The molecule has 2 aromatic rings. The number of halogens is 1. The van der Waals surface area contributed by atoms with Gasteiger partial charge in [-0.25, -0.2) is 0 Å². The number of ether oxygens (including phenoxy) is 1. The lowest BCUT2D eigenvalue weighted by Gasteiger charge is -2.14. The number of methoxy groups -OCH3 is 1. The second-order valence-electron chi connectivity index (χ2n) is 4.36. The van der Waals surface area contributed by atoms with Crippen molar-refractivity contribution in [3.8, 4) is 0 Å². The van der Waals surface area contributed by atoms with Crippen LogP contribution in [0.25, 0.3) is 0 Å². The first-order valence-corrected chi connectivity index (χ1v) is 6.59. The molecule has 1 N–H and O–H groups in total. The van der Waals surface area contributed by atoms with Crippen molar-refractivity contribution in [2.24, 2.45) is 0 Å². The summed E-state index contributed by atoms with van der Waals surface area (Å²) in [6.45, 7) is 2.10. The molecule has 106 valence electrons. The molecular formula is C14H16ClN3O2. The summed E-state index contributed by atoms with van der Waals surface area (Å²) in [6.07, 6.45) is 1.72. The van der Waals surface area contributed by atoms with E-state index in [1.165, 1.54) is 11.8 Å². The predicted octanol–water partition coefficient (Wildman–Crippen LogP) is 2.88. The van der Waals surface area contributed by atoms with E-state index in [9.17, 15) is 4.79 Å². The fourth-order valence-electron chi connectivity index (χ4n) is 1.85. The van der Waals surface area contributed by atoms with Crippen molar-refractivity contribution in [3.63, 3.8) is 0 Å². The van der Waals surface area contributed by atoms with E-state index in [1.54, 1.807) is 12.3 Å². The van der Waals surface area contributed by atoms with Gasteiger partial charge in [0.15, 0.2) is 0 Å². The van der Waals surface area contributed by atoms with Crippen LogP contribution in [0.1, 0.15) is 18.5 Å². The van der Waals surface area contributed by atoms with Crippen molar-refractivity contribution >= 4 is 23.4 Å². The summed E-state index contributed by atoms with van der Waals surface area (Å²) in [5.41, 5.74) is 0.997. The molecule has 5 nitrogen and oxygen atoms in total. The van der Waals surface area contributed by atoms with Crippen molar-refractivity contribution in [1.29, 1.82) is 0 Å². The quantitative estimate of drug-likeness (QED) is 0.861. The Morgan fingerprint density at radius 3 is 2.90 bits per heavy atom. The highest BCUT2D eigenvalue weighted by atomic mass is 35.5. The highest BCUT2D eigenvalue weighted by molar-refractivity contribution is 6.31. The third-order valence-electron chi connectivity index (χ3n) is 2.90. The molecule has 0 saturated heterocycles. The minimum absolute atomic E-state index is 0.0187. The van der Waals surface area contributed by atoms with E-state index >= 15 is 0 Å².